The standard InChI is InChI=1S/C26H18O2/c1-3-9-18-16(7-1)13-14-23-24(18)21-15-17-8-2-5-11-20(17)26(21)25(27-23)19-10-4-6-12-22(19)28-26/h1-14,21,25H,15H2/t21?,25-,26?/m0/s1. The minimum absolute atomic E-state index is 0.119. The van der Waals surface area contributed by atoms with Gasteiger partial charge in [0.1, 0.15) is 11.5 Å². The maximum Gasteiger partial charge on any atom is 0.182 e. The lowest BCUT2D eigenvalue weighted by atomic mass is 9.74. The molecule has 0 amide bonds. The van der Waals surface area contributed by atoms with E-state index in [1.165, 1.54) is 27.5 Å². The summed E-state index contributed by atoms with van der Waals surface area (Å²) in [6.45, 7) is 0. The molecule has 2 heteroatoms. The Labute approximate surface area is 163 Å². The second-order valence-electron chi connectivity index (χ2n) is 8.04. The van der Waals surface area contributed by atoms with Crippen molar-refractivity contribution in [1.29, 1.82) is 0 Å². The summed E-state index contributed by atoms with van der Waals surface area (Å²) < 4.78 is 13.6. The van der Waals surface area contributed by atoms with Crippen molar-refractivity contribution >= 4 is 10.8 Å². The summed E-state index contributed by atoms with van der Waals surface area (Å²) in [6, 6.07) is 30.0. The van der Waals surface area contributed by atoms with E-state index in [1.54, 1.807) is 0 Å². The van der Waals surface area contributed by atoms with Crippen molar-refractivity contribution in [2.45, 2.75) is 24.0 Å². The van der Waals surface area contributed by atoms with Gasteiger partial charge in [0.15, 0.2) is 11.7 Å². The monoisotopic (exact) mass is 362 g/mol. The number of rotatable bonds is 0. The fourth-order valence-corrected chi connectivity index (χ4v) is 5.68. The summed E-state index contributed by atoms with van der Waals surface area (Å²) in [6.07, 6.45) is 0.858. The molecule has 0 radical (unpaired) electrons. The van der Waals surface area contributed by atoms with E-state index in [1.807, 2.05) is 6.07 Å². The van der Waals surface area contributed by atoms with Crippen LogP contribution in [0.3, 0.4) is 0 Å². The molecule has 1 spiro atoms. The second-order valence-corrected chi connectivity index (χ2v) is 8.04. The highest BCUT2D eigenvalue weighted by molar-refractivity contribution is 5.89. The molecule has 3 atom stereocenters. The number of hydrogen-bond acceptors (Lipinski definition) is 2. The predicted molar refractivity (Wildman–Crippen MR) is 109 cm³/mol. The van der Waals surface area contributed by atoms with E-state index in [0.29, 0.717) is 0 Å². The Balaban J connectivity index is 1.58. The van der Waals surface area contributed by atoms with Crippen LogP contribution in [0.4, 0.5) is 0 Å². The Bertz CT molecular complexity index is 1270. The SMILES string of the molecule is c1ccc2c(c1)CC1c3c(ccc4ccccc34)O[C@H]3c4ccccc4OC213. The number of fused-ring (bicyclic) bond motifs is 7. The molecule has 134 valence electrons. The molecule has 0 N–H and O–H groups in total. The van der Waals surface area contributed by atoms with Crippen LogP contribution >= 0.6 is 0 Å². The highest BCUT2D eigenvalue weighted by atomic mass is 16.6. The lowest BCUT2D eigenvalue weighted by Crippen LogP contribution is -2.44. The van der Waals surface area contributed by atoms with Gasteiger partial charge in [0.05, 0.1) is 0 Å². The maximum atomic E-state index is 6.83. The van der Waals surface area contributed by atoms with Gasteiger partial charge in [0.25, 0.3) is 0 Å². The molecule has 0 bridgehead atoms. The van der Waals surface area contributed by atoms with Crippen LogP contribution in [-0.4, -0.2) is 0 Å². The second kappa shape index (κ2) is 4.96. The van der Waals surface area contributed by atoms with Gasteiger partial charge in [-0.25, -0.2) is 0 Å². The van der Waals surface area contributed by atoms with Crippen molar-refractivity contribution in [3.8, 4) is 11.5 Å². The lowest BCUT2D eigenvalue weighted by molar-refractivity contribution is -0.0471. The Morgan fingerprint density at radius 3 is 2.57 bits per heavy atom. The van der Waals surface area contributed by atoms with E-state index in [4.69, 9.17) is 9.47 Å². The van der Waals surface area contributed by atoms with Crippen LogP contribution < -0.4 is 9.47 Å². The Kier molecular flexibility index (Phi) is 2.61. The van der Waals surface area contributed by atoms with Crippen LogP contribution in [0.25, 0.3) is 10.8 Å². The Hall–Kier alpha value is -3.26. The zero-order valence-electron chi connectivity index (χ0n) is 15.3. The van der Waals surface area contributed by atoms with Gasteiger partial charge in [-0.3, -0.25) is 0 Å². The number of benzene rings is 4. The topological polar surface area (TPSA) is 18.5 Å². The first kappa shape index (κ1) is 14.8. The average molecular weight is 362 g/mol. The molecule has 3 aliphatic rings. The first-order chi connectivity index (χ1) is 13.9. The van der Waals surface area contributed by atoms with E-state index in [-0.39, 0.29) is 12.0 Å². The summed E-state index contributed by atoms with van der Waals surface area (Å²) >= 11 is 0. The third-order valence-corrected chi connectivity index (χ3v) is 6.77. The quantitative estimate of drug-likeness (QED) is 0.388. The van der Waals surface area contributed by atoms with E-state index in [0.717, 1.165) is 23.5 Å². The minimum atomic E-state index is -0.489. The summed E-state index contributed by atoms with van der Waals surface area (Å²) in [4.78, 5) is 0. The number of para-hydroxylation sites is 1. The maximum absolute atomic E-state index is 6.83. The molecule has 28 heavy (non-hydrogen) atoms. The summed E-state index contributed by atoms with van der Waals surface area (Å²) in [7, 11) is 0. The summed E-state index contributed by atoms with van der Waals surface area (Å²) in [5.74, 6) is 2.18. The van der Waals surface area contributed by atoms with E-state index < -0.39 is 5.60 Å². The normalized spacial score (nSPS) is 25.7. The molecule has 2 unspecified atom stereocenters. The molecule has 2 heterocycles. The molecule has 0 saturated carbocycles. The first-order valence-corrected chi connectivity index (χ1v) is 9.91. The van der Waals surface area contributed by atoms with Crippen LogP contribution in [-0.2, 0) is 12.0 Å². The zero-order chi connectivity index (χ0) is 18.3. The van der Waals surface area contributed by atoms with Crippen LogP contribution in [0, 0.1) is 0 Å². The minimum Gasteiger partial charge on any atom is -0.481 e. The van der Waals surface area contributed by atoms with Gasteiger partial charge in [0, 0.05) is 22.6 Å². The lowest BCUT2D eigenvalue weighted by Gasteiger charge is -2.42. The molecule has 4 aromatic rings. The molecule has 0 saturated heterocycles. The van der Waals surface area contributed by atoms with Crippen molar-refractivity contribution in [3.05, 3.63) is 107 Å². The van der Waals surface area contributed by atoms with E-state index in [2.05, 4.69) is 78.9 Å². The van der Waals surface area contributed by atoms with Crippen molar-refractivity contribution in [1.82, 2.24) is 0 Å². The van der Waals surface area contributed by atoms with Crippen molar-refractivity contribution in [2.24, 2.45) is 0 Å². The molecule has 2 nitrogen and oxygen atoms in total. The van der Waals surface area contributed by atoms with Crippen molar-refractivity contribution < 1.29 is 9.47 Å². The highest BCUT2D eigenvalue weighted by Gasteiger charge is 2.63. The third-order valence-electron chi connectivity index (χ3n) is 6.77. The summed E-state index contributed by atoms with van der Waals surface area (Å²) in [5, 5.41) is 2.53. The molecule has 2 aliphatic heterocycles. The molecular formula is C26H18O2. The highest BCUT2D eigenvalue weighted by Crippen LogP contribution is 2.66. The Morgan fingerprint density at radius 2 is 1.57 bits per heavy atom. The van der Waals surface area contributed by atoms with Crippen molar-refractivity contribution in [2.75, 3.05) is 0 Å². The van der Waals surface area contributed by atoms with E-state index in [9.17, 15) is 0 Å². The van der Waals surface area contributed by atoms with Crippen molar-refractivity contribution in [3.63, 3.8) is 0 Å². The summed E-state index contributed by atoms with van der Waals surface area (Å²) in [5.41, 5.74) is 4.60. The molecule has 4 aromatic carbocycles. The molecule has 7 rings (SSSR count). The number of hydrogen-bond donors (Lipinski definition) is 0. The third kappa shape index (κ3) is 1.61. The molecule has 0 fully saturated rings. The Morgan fingerprint density at radius 1 is 0.750 bits per heavy atom. The molecule has 0 aromatic heterocycles. The molecular weight excluding hydrogens is 344 g/mol. The fourth-order valence-electron chi connectivity index (χ4n) is 5.68. The zero-order valence-corrected chi connectivity index (χ0v) is 15.3. The van der Waals surface area contributed by atoms with Gasteiger partial charge >= 0.3 is 0 Å². The first-order valence-electron chi connectivity index (χ1n) is 9.91. The van der Waals surface area contributed by atoms with Crippen LogP contribution in [0.15, 0.2) is 84.9 Å². The van der Waals surface area contributed by atoms with Gasteiger partial charge in [-0.15, -0.1) is 0 Å². The van der Waals surface area contributed by atoms with Crippen LogP contribution in [0.5, 0.6) is 11.5 Å². The van der Waals surface area contributed by atoms with Gasteiger partial charge in [-0.2, -0.15) is 0 Å². The van der Waals surface area contributed by atoms with E-state index >= 15 is 0 Å². The molecule has 1 aliphatic carbocycles. The van der Waals surface area contributed by atoms with Crippen LogP contribution in [0.2, 0.25) is 0 Å². The smallest absolute Gasteiger partial charge is 0.182 e. The van der Waals surface area contributed by atoms with Gasteiger partial charge in [-0.1, -0.05) is 72.8 Å². The fraction of sp³-hybridized carbons (Fsp3) is 0.154. The van der Waals surface area contributed by atoms with Gasteiger partial charge in [0.2, 0.25) is 0 Å². The largest absolute Gasteiger partial charge is 0.481 e. The van der Waals surface area contributed by atoms with Gasteiger partial charge < -0.3 is 9.47 Å². The van der Waals surface area contributed by atoms with Crippen LogP contribution in [0.1, 0.15) is 34.3 Å². The number of ether oxygens (including phenoxy) is 2. The average Bonchev–Trinajstić information content (AvgIpc) is 3.26. The predicted octanol–water partition coefficient (Wildman–Crippen LogP) is 5.90. The van der Waals surface area contributed by atoms with Gasteiger partial charge in [-0.05, 0) is 34.9 Å².